The molecule has 1 atom stereocenters. The summed E-state index contributed by atoms with van der Waals surface area (Å²) in [4.78, 5) is 11.1. The topological polar surface area (TPSA) is 84.5 Å². The summed E-state index contributed by atoms with van der Waals surface area (Å²) < 4.78 is 30.6. The van der Waals surface area contributed by atoms with Crippen molar-refractivity contribution in [2.75, 3.05) is 25.4 Å². The summed E-state index contributed by atoms with van der Waals surface area (Å²) in [5, 5.41) is 3.12. The third-order valence-corrected chi connectivity index (χ3v) is 3.96. The summed E-state index contributed by atoms with van der Waals surface area (Å²) in [6, 6.07) is -0.0593. The maximum atomic E-state index is 11.7. The number of rotatable bonds is 6. The first-order valence-electron chi connectivity index (χ1n) is 5.90. The zero-order valence-electron chi connectivity index (χ0n) is 10.1. The number of carbonyl (C=O) groups is 1. The normalized spacial score (nSPS) is 21.1. The van der Waals surface area contributed by atoms with Gasteiger partial charge in [-0.1, -0.05) is 0 Å². The molecule has 6 nitrogen and oxygen atoms in total. The lowest BCUT2D eigenvalue weighted by Crippen LogP contribution is -2.46. The maximum absolute atomic E-state index is 11.7. The average Bonchev–Trinajstić information content (AvgIpc) is 2.28. The number of esters is 1. The monoisotopic (exact) mass is 264 g/mol. The molecule has 0 bridgehead atoms. The van der Waals surface area contributed by atoms with Gasteiger partial charge in [-0.15, -0.1) is 0 Å². The summed E-state index contributed by atoms with van der Waals surface area (Å²) >= 11 is 0. The second-order valence-electron chi connectivity index (χ2n) is 4.04. The van der Waals surface area contributed by atoms with Gasteiger partial charge in [-0.3, -0.25) is 4.79 Å². The third-order valence-electron chi connectivity index (χ3n) is 2.52. The van der Waals surface area contributed by atoms with Gasteiger partial charge in [-0.2, -0.15) is 0 Å². The molecule has 0 saturated carbocycles. The zero-order valence-corrected chi connectivity index (χ0v) is 10.9. The van der Waals surface area contributed by atoms with Gasteiger partial charge in [0.25, 0.3) is 0 Å². The molecule has 0 aromatic heterocycles. The Kier molecular flexibility index (Phi) is 5.87. The highest BCUT2D eigenvalue weighted by Gasteiger charge is 2.20. The fourth-order valence-corrected chi connectivity index (χ4v) is 2.98. The van der Waals surface area contributed by atoms with Crippen LogP contribution in [0.1, 0.15) is 26.2 Å². The lowest BCUT2D eigenvalue weighted by molar-refractivity contribution is -0.142. The lowest BCUT2D eigenvalue weighted by Gasteiger charge is -2.23. The maximum Gasteiger partial charge on any atom is 0.306 e. The molecule has 0 unspecified atom stereocenters. The van der Waals surface area contributed by atoms with Crippen LogP contribution >= 0.6 is 0 Å². The highest BCUT2D eigenvalue weighted by atomic mass is 32.2. The van der Waals surface area contributed by atoms with Crippen molar-refractivity contribution in [3.8, 4) is 0 Å². The number of hydrogen-bond donors (Lipinski definition) is 2. The van der Waals surface area contributed by atoms with E-state index in [9.17, 15) is 13.2 Å². The van der Waals surface area contributed by atoms with Gasteiger partial charge in [-0.25, -0.2) is 13.1 Å². The van der Waals surface area contributed by atoms with Gasteiger partial charge in [0.15, 0.2) is 0 Å². The van der Waals surface area contributed by atoms with E-state index in [2.05, 4.69) is 14.8 Å². The van der Waals surface area contributed by atoms with E-state index in [-0.39, 0.29) is 24.8 Å². The quantitative estimate of drug-likeness (QED) is 0.638. The molecule has 1 aliphatic heterocycles. The molecule has 100 valence electrons. The van der Waals surface area contributed by atoms with Gasteiger partial charge in [0, 0.05) is 12.6 Å². The van der Waals surface area contributed by atoms with Crippen LogP contribution in [0.5, 0.6) is 0 Å². The molecule has 1 rings (SSSR count). The number of carbonyl (C=O) groups excluding carboxylic acids is 1. The van der Waals surface area contributed by atoms with Gasteiger partial charge < -0.3 is 10.1 Å². The number of piperidine rings is 1. The molecule has 0 amide bonds. The minimum absolute atomic E-state index is 0.0593. The lowest BCUT2D eigenvalue weighted by atomic mass is 10.1. The van der Waals surface area contributed by atoms with Gasteiger partial charge in [0.1, 0.15) is 0 Å². The van der Waals surface area contributed by atoms with Crippen molar-refractivity contribution in [3.63, 3.8) is 0 Å². The number of nitrogens with one attached hydrogen (secondary N) is 2. The van der Waals surface area contributed by atoms with Crippen molar-refractivity contribution in [1.29, 1.82) is 0 Å². The molecule has 0 aromatic carbocycles. The molecular formula is C10H20N2O4S. The van der Waals surface area contributed by atoms with Crippen molar-refractivity contribution in [2.45, 2.75) is 32.2 Å². The molecule has 1 fully saturated rings. The van der Waals surface area contributed by atoms with Crippen molar-refractivity contribution in [2.24, 2.45) is 0 Å². The molecule has 0 radical (unpaired) electrons. The van der Waals surface area contributed by atoms with E-state index in [1.54, 1.807) is 6.92 Å². The van der Waals surface area contributed by atoms with Crippen LogP contribution in [0.3, 0.4) is 0 Å². The average molecular weight is 264 g/mol. The molecule has 17 heavy (non-hydrogen) atoms. The first-order valence-corrected chi connectivity index (χ1v) is 7.55. The van der Waals surface area contributed by atoms with Gasteiger partial charge in [-0.05, 0) is 26.3 Å². The SMILES string of the molecule is CCOC(=O)CCS(=O)(=O)N[C@@H]1CCCNC1. The second-order valence-corrected chi connectivity index (χ2v) is 5.91. The largest absolute Gasteiger partial charge is 0.466 e. The number of ether oxygens (including phenoxy) is 1. The third kappa shape index (κ3) is 5.99. The van der Waals surface area contributed by atoms with Crippen LogP contribution in [-0.2, 0) is 19.6 Å². The molecule has 1 aliphatic rings. The summed E-state index contributed by atoms with van der Waals surface area (Å²) in [5.41, 5.74) is 0. The van der Waals surface area contributed by atoms with Crippen LogP contribution in [0.4, 0.5) is 0 Å². The first kappa shape index (κ1) is 14.4. The van der Waals surface area contributed by atoms with Crippen LogP contribution in [0.25, 0.3) is 0 Å². The fraction of sp³-hybridized carbons (Fsp3) is 0.900. The Morgan fingerprint density at radius 3 is 2.88 bits per heavy atom. The van der Waals surface area contributed by atoms with Gasteiger partial charge >= 0.3 is 5.97 Å². The van der Waals surface area contributed by atoms with E-state index in [0.29, 0.717) is 6.54 Å². The molecule has 0 spiro atoms. The standard InChI is InChI=1S/C10H20N2O4S/c1-2-16-10(13)5-7-17(14,15)12-9-4-3-6-11-8-9/h9,11-12H,2-8H2,1H3/t9-/m1/s1. The molecule has 1 saturated heterocycles. The molecule has 1 heterocycles. The number of hydrogen-bond acceptors (Lipinski definition) is 5. The van der Waals surface area contributed by atoms with E-state index >= 15 is 0 Å². The van der Waals surface area contributed by atoms with Gasteiger partial charge in [0.2, 0.25) is 10.0 Å². The highest BCUT2D eigenvalue weighted by Crippen LogP contribution is 2.04. The van der Waals surface area contributed by atoms with Crippen LogP contribution in [0, 0.1) is 0 Å². The van der Waals surface area contributed by atoms with Crippen molar-refractivity contribution in [3.05, 3.63) is 0 Å². The molecule has 7 heteroatoms. The zero-order chi connectivity index (χ0) is 12.7. The molecular weight excluding hydrogens is 244 g/mol. The summed E-state index contributed by atoms with van der Waals surface area (Å²) in [7, 11) is -3.39. The van der Waals surface area contributed by atoms with Crippen molar-refractivity contribution in [1.82, 2.24) is 10.0 Å². The Balaban J connectivity index is 2.32. The predicted octanol–water partition coefficient (Wildman–Crippen LogP) is -0.389. The van der Waals surface area contributed by atoms with Crippen LogP contribution in [0.15, 0.2) is 0 Å². The predicted molar refractivity (Wildman–Crippen MR) is 64.1 cm³/mol. The van der Waals surface area contributed by atoms with Gasteiger partial charge in [0.05, 0.1) is 18.8 Å². The Morgan fingerprint density at radius 1 is 1.53 bits per heavy atom. The van der Waals surface area contributed by atoms with Crippen LogP contribution in [0.2, 0.25) is 0 Å². The fourth-order valence-electron chi connectivity index (χ4n) is 1.72. The summed E-state index contributed by atoms with van der Waals surface area (Å²) in [5.74, 6) is -0.679. The van der Waals surface area contributed by atoms with E-state index in [1.807, 2.05) is 0 Å². The Morgan fingerprint density at radius 2 is 2.29 bits per heavy atom. The van der Waals surface area contributed by atoms with E-state index in [0.717, 1.165) is 19.4 Å². The Hall–Kier alpha value is -0.660. The molecule has 2 N–H and O–H groups in total. The number of sulfonamides is 1. The minimum atomic E-state index is -3.39. The summed E-state index contributed by atoms with van der Waals surface area (Å²) in [6.45, 7) is 3.55. The van der Waals surface area contributed by atoms with E-state index in [1.165, 1.54) is 0 Å². The second kappa shape index (κ2) is 6.93. The van der Waals surface area contributed by atoms with E-state index in [4.69, 9.17) is 0 Å². The minimum Gasteiger partial charge on any atom is -0.466 e. The van der Waals surface area contributed by atoms with Crippen molar-refractivity contribution >= 4 is 16.0 Å². The molecule has 0 aromatic rings. The van der Waals surface area contributed by atoms with Crippen molar-refractivity contribution < 1.29 is 17.9 Å². The Labute approximate surface area is 102 Å². The molecule has 0 aliphatic carbocycles. The van der Waals surface area contributed by atoms with Crippen LogP contribution < -0.4 is 10.0 Å². The van der Waals surface area contributed by atoms with E-state index < -0.39 is 16.0 Å². The Bertz CT molecular complexity index is 336. The highest BCUT2D eigenvalue weighted by molar-refractivity contribution is 7.89. The summed E-state index contributed by atoms with van der Waals surface area (Å²) in [6.07, 6.45) is 1.71. The smallest absolute Gasteiger partial charge is 0.306 e. The van der Waals surface area contributed by atoms with Crippen LogP contribution in [-0.4, -0.2) is 45.9 Å². The first-order chi connectivity index (χ1) is 8.03.